The lowest BCUT2D eigenvalue weighted by Crippen LogP contribution is -2.36. The minimum Gasteiger partial charge on any atom is -0.496 e. The number of methoxy groups -OCH3 is 1. The number of likely N-dealkylation sites (tertiary alicyclic amines) is 1. The van der Waals surface area contributed by atoms with E-state index in [0.717, 1.165) is 18.4 Å². The number of benzene rings is 1. The molecule has 134 valence electrons. The summed E-state index contributed by atoms with van der Waals surface area (Å²) in [5.74, 6) is 1.94. The van der Waals surface area contributed by atoms with Crippen LogP contribution in [-0.4, -0.2) is 45.4 Å². The second kappa shape index (κ2) is 6.74. The summed E-state index contributed by atoms with van der Waals surface area (Å²) in [4.78, 5) is 18.8. The van der Waals surface area contributed by atoms with Crippen molar-refractivity contribution in [1.29, 1.82) is 0 Å². The maximum Gasteiger partial charge on any atom is 0.410 e. The van der Waals surface area contributed by atoms with Gasteiger partial charge in [-0.2, -0.15) is 5.10 Å². The number of ether oxygens (including phenoxy) is 2. The zero-order chi connectivity index (χ0) is 18.0. The van der Waals surface area contributed by atoms with Crippen LogP contribution in [0.4, 0.5) is 4.79 Å². The molecule has 1 amide bonds. The Labute approximate surface area is 147 Å². The van der Waals surface area contributed by atoms with Crippen LogP contribution in [-0.2, 0) is 4.74 Å². The van der Waals surface area contributed by atoms with Crippen molar-refractivity contribution in [3.63, 3.8) is 0 Å². The minimum absolute atomic E-state index is 0.147. The first kappa shape index (κ1) is 17.3. The second-order valence-electron chi connectivity index (χ2n) is 7.08. The molecule has 1 aliphatic heterocycles. The number of nitrogens with one attached hydrogen (secondary N) is 1. The first-order valence-electron chi connectivity index (χ1n) is 8.44. The highest BCUT2D eigenvalue weighted by Crippen LogP contribution is 2.33. The zero-order valence-electron chi connectivity index (χ0n) is 15.1. The number of para-hydroxylation sites is 1. The molecule has 1 fully saturated rings. The van der Waals surface area contributed by atoms with E-state index in [1.54, 1.807) is 12.0 Å². The minimum atomic E-state index is -0.520. The van der Waals surface area contributed by atoms with Crippen LogP contribution < -0.4 is 4.74 Å². The number of H-pyrrole nitrogens is 1. The van der Waals surface area contributed by atoms with Crippen molar-refractivity contribution in [2.45, 2.75) is 45.3 Å². The van der Waals surface area contributed by atoms with Crippen molar-refractivity contribution in [1.82, 2.24) is 20.1 Å². The second-order valence-corrected chi connectivity index (χ2v) is 7.08. The van der Waals surface area contributed by atoms with Crippen molar-refractivity contribution in [3.05, 3.63) is 30.1 Å². The number of carbonyl (C=O) groups is 1. The van der Waals surface area contributed by atoms with Crippen molar-refractivity contribution in [3.8, 4) is 17.1 Å². The lowest BCUT2D eigenvalue weighted by atomic mass is 10.2. The smallest absolute Gasteiger partial charge is 0.410 e. The maximum absolute atomic E-state index is 12.4. The largest absolute Gasteiger partial charge is 0.496 e. The van der Waals surface area contributed by atoms with Gasteiger partial charge in [-0.3, -0.25) is 10.00 Å². The van der Waals surface area contributed by atoms with Crippen LogP contribution in [0.25, 0.3) is 11.4 Å². The number of aromatic nitrogens is 3. The van der Waals surface area contributed by atoms with Gasteiger partial charge in [0.05, 0.1) is 18.7 Å². The Bertz CT molecular complexity index is 751. The summed E-state index contributed by atoms with van der Waals surface area (Å²) in [6.07, 6.45) is 1.43. The molecule has 1 aromatic heterocycles. The topological polar surface area (TPSA) is 80.3 Å². The van der Waals surface area contributed by atoms with Gasteiger partial charge in [-0.15, -0.1) is 0 Å². The van der Waals surface area contributed by atoms with Crippen LogP contribution in [0, 0.1) is 0 Å². The van der Waals surface area contributed by atoms with Gasteiger partial charge in [-0.25, -0.2) is 9.78 Å². The van der Waals surface area contributed by atoms with E-state index in [-0.39, 0.29) is 12.1 Å². The molecule has 7 nitrogen and oxygen atoms in total. The monoisotopic (exact) mass is 344 g/mol. The SMILES string of the molecule is COc1ccccc1-c1n[nH]c(C2CCCN2C(=O)OC(C)(C)C)n1. The first-order valence-corrected chi connectivity index (χ1v) is 8.44. The predicted molar refractivity (Wildman–Crippen MR) is 93.3 cm³/mol. The highest BCUT2D eigenvalue weighted by molar-refractivity contribution is 5.69. The molecule has 1 aliphatic rings. The number of rotatable bonds is 3. The summed E-state index contributed by atoms with van der Waals surface area (Å²) in [6, 6.07) is 7.44. The number of carbonyl (C=O) groups excluding carboxylic acids is 1. The lowest BCUT2D eigenvalue weighted by molar-refractivity contribution is 0.0218. The first-order chi connectivity index (χ1) is 11.9. The van der Waals surface area contributed by atoms with E-state index < -0.39 is 5.60 Å². The molecule has 0 saturated carbocycles. The van der Waals surface area contributed by atoms with Gasteiger partial charge in [0.2, 0.25) is 0 Å². The Morgan fingerprint density at radius 3 is 2.80 bits per heavy atom. The standard InChI is InChI=1S/C18H24N4O3/c1-18(2,3)25-17(23)22-11-7-9-13(22)16-19-15(20-21-16)12-8-5-6-10-14(12)24-4/h5-6,8,10,13H,7,9,11H2,1-4H3,(H,19,20,21). The summed E-state index contributed by atoms with van der Waals surface area (Å²) < 4.78 is 10.9. The predicted octanol–water partition coefficient (Wildman–Crippen LogP) is 3.55. The molecule has 0 spiro atoms. The molecule has 0 radical (unpaired) electrons. The molecule has 25 heavy (non-hydrogen) atoms. The zero-order valence-corrected chi connectivity index (χ0v) is 15.1. The van der Waals surface area contributed by atoms with Gasteiger partial charge in [0.1, 0.15) is 17.2 Å². The summed E-state index contributed by atoms with van der Waals surface area (Å²) >= 11 is 0. The molecule has 1 atom stereocenters. The summed E-state index contributed by atoms with van der Waals surface area (Å²) in [6.45, 7) is 6.25. The molecule has 1 N–H and O–H groups in total. The van der Waals surface area contributed by atoms with Crippen LogP contribution in [0.2, 0.25) is 0 Å². The fraction of sp³-hybridized carbons (Fsp3) is 0.500. The Kier molecular flexibility index (Phi) is 4.65. The van der Waals surface area contributed by atoms with Crippen LogP contribution in [0.1, 0.15) is 45.5 Å². The Morgan fingerprint density at radius 1 is 1.32 bits per heavy atom. The van der Waals surface area contributed by atoms with Crippen molar-refractivity contribution >= 4 is 6.09 Å². The van der Waals surface area contributed by atoms with Gasteiger partial charge in [-0.1, -0.05) is 12.1 Å². The Morgan fingerprint density at radius 2 is 2.08 bits per heavy atom. The van der Waals surface area contributed by atoms with E-state index in [1.807, 2.05) is 45.0 Å². The molecular weight excluding hydrogens is 320 g/mol. The third-order valence-corrected chi connectivity index (χ3v) is 4.05. The van der Waals surface area contributed by atoms with E-state index in [2.05, 4.69) is 15.2 Å². The van der Waals surface area contributed by atoms with Crippen LogP contribution in [0.3, 0.4) is 0 Å². The van der Waals surface area contributed by atoms with Crippen molar-refractivity contribution < 1.29 is 14.3 Å². The van der Waals surface area contributed by atoms with E-state index in [1.165, 1.54) is 0 Å². The normalized spacial score (nSPS) is 17.6. The number of aromatic amines is 1. The van der Waals surface area contributed by atoms with Gasteiger partial charge < -0.3 is 9.47 Å². The average Bonchev–Trinajstić information content (AvgIpc) is 3.22. The van der Waals surface area contributed by atoms with Gasteiger partial charge in [-0.05, 0) is 45.7 Å². The van der Waals surface area contributed by atoms with Gasteiger partial charge in [0.15, 0.2) is 5.82 Å². The number of amides is 1. The highest BCUT2D eigenvalue weighted by Gasteiger charge is 2.35. The van der Waals surface area contributed by atoms with E-state index >= 15 is 0 Å². The molecule has 1 saturated heterocycles. The fourth-order valence-corrected chi connectivity index (χ4v) is 2.96. The van der Waals surface area contributed by atoms with Gasteiger partial charge in [0, 0.05) is 6.54 Å². The molecule has 7 heteroatoms. The van der Waals surface area contributed by atoms with Gasteiger partial charge >= 0.3 is 6.09 Å². The fourth-order valence-electron chi connectivity index (χ4n) is 2.96. The van der Waals surface area contributed by atoms with E-state index in [9.17, 15) is 4.79 Å². The Hall–Kier alpha value is -2.57. The van der Waals surface area contributed by atoms with Crippen LogP contribution in [0.5, 0.6) is 5.75 Å². The summed E-state index contributed by atoms with van der Waals surface area (Å²) in [5, 5.41) is 7.29. The van der Waals surface area contributed by atoms with E-state index in [4.69, 9.17) is 9.47 Å². The quantitative estimate of drug-likeness (QED) is 0.921. The maximum atomic E-state index is 12.4. The van der Waals surface area contributed by atoms with E-state index in [0.29, 0.717) is 23.9 Å². The number of hydrogen-bond donors (Lipinski definition) is 1. The average molecular weight is 344 g/mol. The molecule has 0 bridgehead atoms. The highest BCUT2D eigenvalue weighted by atomic mass is 16.6. The number of nitrogens with zero attached hydrogens (tertiary/aromatic N) is 3. The lowest BCUT2D eigenvalue weighted by Gasteiger charge is -2.27. The summed E-state index contributed by atoms with van der Waals surface area (Å²) in [7, 11) is 1.62. The third kappa shape index (κ3) is 3.75. The van der Waals surface area contributed by atoms with Crippen molar-refractivity contribution in [2.75, 3.05) is 13.7 Å². The molecule has 3 rings (SSSR count). The molecule has 1 unspecified atom stereocenters. The summed E-state index contributed by atoms with van der Waals surface area (Å²) in [5.41, 5.74) is 0.295. The van der Waals surface area contributed by atoms with Crippen molar-refractivity contribution in [2.24, 2.45) is 0 Å². The molecule has 2 aromatic rings. The van der Waals surface area contributed by atoms with Gasteiger partial charge in [0.25, 0.3) is 0 Å². The molecule has 2 heterocycles. The number of hydrogen-bond acceptors (Lipinski definition) is 5. The molecule has 0 aliphatic carbocycles. The Balaban J connectivity index is 1.83. The molecular formula is C18H24N4O3. The van der Waals surface area contributed by atoms with Crippen LogP contribution >= 0.6 is 0 Å². The molecule has 1 aromatic carbocycles. The van der Waals surface area contributed by atoms with Crippen LogP contribution in [0.15, 0.2) is 24.3 Å². The third-order valence-electron chi connectivity index (χ3n) is 4.05.